The van der Waals surface area contributed by atoms with Crippen molar-refractivity contribution in [3.63, 3.8) is 0 Å². The molecule has 2 heterocycles. The second kappa shape index (κ2) is 5.75. The van der Waals surface area contributed by atoms with Crippen LogP contribution in [0.3, 0.4) is 0 Å². The number of fused-ring (bicyclic) bond motifs is 1. The number of ether oxygens (including phenoxy) is 2. The molecule has 0 unspecified atom stereocenters. The first-order valence-corrected chi connectivity index (χ1v) is 7.34. The first-order valence-electron chi connectivity index (χ1n) is 7.34. The third kappa shape index (κ3) is 2.66. The van der Waals surface area contributed by atoms with Gasteiger partial charge in [0, 0.05) is 23.7 Å². The predicted octanol–water partition coefficient (Wildman–Crippen LogP) is 3.62. The number of benzene rings is 1. The van der Waals surface area contributed by atoms with Gasteiger partial charge < -0.3 is 19.2 Å². The highest BCUT2D eigenvalue weighted by molar-refractivity contribution is 6.06. The summed E-state index contributed by atoms with van der Waals surface area (Å²) in [6, 6.07) is 5.41. The van der Waals surface area contributed by atoms with E-state index in [1.807, 2.05) is 26.0 Å². The molecule has 1 amide bonds. The topological polar surface area (TPSA) is 60.7 Å². The number of rotatable bonds is 2. The second-order valence-electron chi connectivity index (χ2n) is 5.38. The van der Waals surface area contributed by atoms with Gasteiger partial charge in [-0.05, 0) is 32.9 Å². The van der Waals surface area contributed by atoms with Crippen molar-refractivity contribution in [3.8, 4) is 11.5 Å². The number of furan rings is 1. The summed E-state index contributed by atoms with van der Waals surface area (Å²) in [5.74, 6) is 2.58. The van der Waals surface area contributed by atoms with Gasteiger partial charge in [-0.15, -0.1) is 0 Å². The highest BCUT2D eigenvalue weighted by Gasteiger charge is 2.19. The summed E-state index contributed by atoms with van der Waals surface area (Å²) >= 11 is 0. The van der Waals surface area contributed by atoms with Crippen LogP contribution in [0, 0.1) is 20.8 Å². The number of carbonyl (C=O) groups excluding carboxylic acids is 1. The first-order chi connectivity index (χ1) is 10.6. The molecule has 5 nitrogen and oxygen atoms in total. The van der Waals surface area contributed by atoms with Gasteiger partial charge in [-0.2, -0.15) is 0 Å². The lowest BCUT2D eigenvalue weighted by atomic mass is 10.1. The van der Waals surface area contributed by atoms with Crippen molar-refractivity contribution in [3.05, 3.63) is 40.8 Å². The van der Waals surface area contributed by atoms with Crippen LogP contribution in [-0.2, 0) is 0 Å². The molecule has 2 aromatic rings. The summed E-state index contributed by atoms with van der Waals surface area (Å²) in [6.45, 7) is 6.79. The molecule has 0 fully saturated rings. The van der Waals surface area contributed by atoms with Gasteiger partial charge in [-0.1, -0.05) is 0 Å². The van der Waals surface area contributed by atoms with Gasteiger partial charge in [0.25, 0.3) is 5.91 Å². The average molecular weight is 301 g/mol. The molecule has 0 bridgehead atoms. The fourth-order valence-electron chi connectivity index (χ4n) is 2.56. The van der Waals surface area contributed by atoms with E-state index in [2.05, 4.69) is 5.32 Å². The minimum absolute atomic E-state index is 0.179. The van der Waals surface area contributed by atoms with Crippen LogP contribution in [0.15, 0.2) is 22.6 Å². The summed E-state index contributed by atoms with van der Waals surface area (Å²) in [5.41, 5.74) is 2.13. The van der Waals surface area contributed by atoms with E-state index in [0.717, 1.165) is 17.7 Å². The molecule has 0 radical (unpaired) electrons. The molecule has 1 N–H and O–H groups in total. The average Bonchev–Trinajstić information content (AvgIpc) is 2.66. The predicted molar refractivity (Wildman–Crippen MR) is 82.9 cm³/mol. The Balaban J connectivity index is 1.84. The van der Waals surface area contributed by atoms with Crippen molar-refractivity contribution >= 4 is 11.6 Å². The van der Waals surface area contributed by atoms with Crippen LogP contribution in [0.4, 0.5) is 5.69 Å². The third-order valence-corrected chi connectivity index (χ3v) is 3.79. The highest BCUT2D eigenvalue weighted by atomic mass is 16.5. The van der Waals surface area contributed by atoms with Crippen LogP contribution in [0.2, 0.25) is 0 Å². The van der Waals surface area contributed by atoms with E-state index in [-0.39, 0.29) is 5.91 Å². The summed E-state index contributed by atoms with van der Waals surface area (Å²) in [6.07, 6.45) is 0.850. The molecule has 1 aliphatic heterocycles. The Morgan fingerprint density at radius 1 is 1.05 bits per heavy atom. The van der Waals surface area contributed by atoms with Crippen molar-refractivity contribution in [1.29, 1.82) is 0 Å². The minimum atomic E-state index is -0.179. The van der Waals surface area contributed by atoms with Gasteiger partial charge in [0.2, 0.25) is 0 Å². The summed E-state index contributed by atoms with van der Waals surface area (Å²) in [7, 11) is 0. The lowest BCUT2D eigenvalue weighted by Gasteiger charge is -2.10. The monoisotopic (exact) mass is 301 g/mol. The van der Waals surface area contributed by atoms with E-state index in [1.54, 1.807) is 13.0 Å². The van der Waals surface area contributed by atoms with Gasteiger partial charge in [0.05, 0.1) is 18.8 Å². The van der Waals surface area contributed by atoms with Gasteiger partial charge in [0.1, 0.15) is 11.5 Å². The van der Waals surface area contributed by atoms with Crippen molar-refractivity contribution in [2.75, 3.05) is 18.5 Å². The van der Waals surface area contributed by atoms with E-state index in [1.165, 1.54) is 0 Å². The van der Waals surface area contributed by atoms with Crippen LogP contribution in [-0.4, -0.2) is 19.1 Å². The number of aryl methyl sites for hydroxylation is 2. The maximum Gasteiger partial charge on any atom is 0.259 e. The van der Waals surface area contributed by atoms with Gasteiger partial charge in [-0.3, -0.25) is 4.79 Å². The molecule has 22 heavy (non-hydrogen) atoms. The summed E-state index contributed by atoms with van der Waals surface area (Å²) < 4.78 is 16.7. The standard InChI is InChI=1S/C17H19NO4/c1-10-11(2)22-12(3)16(10)17(19)18-13-5-6-14-15(9-13)21-8-4-7-20-14/h5-6,9H,4,7-8H2,1-3H3,(H,18,19). The summed E-state index contributed by atoms with van der Waals surface area (Å²) in [5, 5.41) is 2.89. The normalized spacial score (nSPS) is 13.6. The van der Waals surface area contributed by atoms with E-state index in [9.17, 15) is 4.79 Å². The van der Waals surface area contributed by atoms with Crippen LogP contribution in [0.5, 0.6) is 11.5 Å². The quantitative estimate of drug-likeness (QED) is 0.920. The molecule has 1 aromatic carbocycles. The smallest absolute Gasteiger partial charge is 0.259 e. The molecule has 116 valence electrons. The van der Waals surface area contributed by atoms with E-state index >= 15 is 0 Å². The van der Waals surface area contributed by atoms with Gasteiger partial charge >= 0.3 is 0 Å². The Kier molecular flexibility index (Phi) is 3.79. The van der Waals surface area contributed by atoms with Crippen molar-refractivity contribution in [1.82, 2.24) is 0 Å². The minimum Gasteiger partial charge on any atom is -0.490 e. The number of amides is 1. The Bertz CT molecular complexity index is 718. The third-order valence-electron chi connectivity index (χ3n) is 3.79. The fraction of sp³-hybridized carbons (Fsp3) is 0.353. The van der Waals surface area contributed by atoms with E-state index in [0.29, 0.717) is 41.7 Å². The zero-order valence-electron chi connectivity index (χ0n) is 13.0. The molecule has 0 saturated carbocycles. The van der Waals surface area contributed by atoms with Crippen molar-refractivity contribution in [2.45, 2.75) is 27.2 Å². The SMILES string of the molecule is Cc1oc(C)c(C(=O)Nc2ccc3c(c2)OCCCO3)c1C. The van der Waals surface area contributed by atoms with E-state index in [4.69, 9.17) is 13.9 Å². The molecule has 3 rings (SSSR count). The van der Waals surface area contributed by atoms with Crippen LogP contribution in [0.25, 0.3) is 0 Å². The largest absolute Gasteiger partial charge is 0.490 e. The molecular formula is C17H19NO4. The maximum atomic E-state index is 12.5. The van der Waals surface area contributed by atoms with Crippen LogP contribution in [0.1, 0.15) is 33.9 Å². The zero-order valence-corrected chi connectivity index (χ0v) is 13.0. The molecule has 0 saturated heterocycles. The van der Waals surface area contributed by atoms with Crippen LogP contribution >= 0.6 is 0 Å². The van der Waals surface area contributed by atoms with Crippen molar-refractivity contribution < 1.29 is 18.7 Å². The molecule has 1 aliphatic rings. The maximum absolute atomic E-state index is 12.5. The molecule has 0 aliphatic carbocycles. The Morgan fingerprint density at radius 3 is 2.45 bits per heavy atom. The second-order valence-corrected chi connectivity index (χ2v) is 5.38. The molecule has 1 aromatic heterocycles. The number of carbonyl (C=O) groups is 1. The Morgan fingerprint density at radius 2 is 1.77 bits per heavy atom. The van der Waals surface area contributed by atoms with E-state index < -0.39 is 0 Å². The molecular weight excluding hydrogens is 282 g/mol. The molecule has 0 spiro atoms. The number of nitrogens with one attached hydrogen (secondary N) is 1. The lowest BCUT2D eigenvalue weighted by molar-refractivity contribution is 0.102. The number of anilines is 1. The fourth-order valence-corrected chi connectivity index (χ4v) is 2.56. The zero-order chi connectivity index (χ0) is 15.7. The summed E-state index contributed by atoms with van der Waals surface area (Å²) in [4.78, 5) is 12.5. The molecule has 0 atom stereocenters. The highest BCUT2D eigenvalue weighted by Crippen LogP contribution is 2.32. The Labute approximate surface area is 129 Å². The van der Waals surface area contributed by atoms with Gasteiger partial charge in [0.15, 0.2) is 11.5 Å². The number of hydrogen-bond acceptors (Lipinski definition) is 4. The first kappa shape index (κ1) is 14.5. The Hall–Kier alpha value is -2.43. The van der Waals surface area contributed by atoms with Gasteiger partial charge in [-0.25, -0.2) is 0 Å². The molecule has 5 heteroatoms. The lowest BCUT2D eigenvalue weighted by Crippen LogP contribution is -2.13. The van der Waals surface area contributed by atoms with Crippen LogP contribution < -0.4 is 14.8 Å². The van der Waals surface area contributed by atoms with Crippen molar-refractivity contribution in [2.24, 2.45) is 0 Å². The number of hydrogen-bond donors (Lipinski definition) is 1.